The van der Waals surface area contributed by atoms with Gasteiger partial charge in [-0.3, -0.25) is 9.69 Å². The van der Waals surface area contributed by atoms with Crippen molar-refractivity contribution in [3.8, 4) is 0 Å². The smallest absolute Gasteiger partial charge is 0.310 e. The number of carbonyl (C=O) groups excluding carboxylic acids is 1. The summed E-state index contributed by atoms with van der Waals surface area (Å²) in [5.41, 5.74) is 1.000. The van der Waals surface area contributed by atoms with Crippen molar-refractivity contribution < 1.29 is 14.6 Å². The van der Waals surface area contributed by atoms with Gasteiger partial charge in [-0.25, -0.2) is 0 Å². The fraction of sp³-hybridized carbons (Fsp3) is 0.533. The second kappa shape index (κ2) is 6.68. The predicted octanol–water partition coefficient (Wildman–Crippen LogP) is 1.43. The predicted molar refractivity (Wildman–Crippen MR) is 72.5 cm³/mol. The monoisotopic (exact) mass is 263 g/mol. The van der Waals surface area contributed by atoms with Gasteiger partial charge < -0.3 is 9.84 Å². The third kappa shape index (κ3) is 4.33. The lowest BCUT2D eigenvalue weighted by atomic mass is 10.1. The van der Waals surface area contributed by atoms with Gasteiger partial charge in [0.05, 0.1) is 12.0 Å². The Hall–Kier alpha value is -1.39. The highest BCUT2D eigenvalue weighted by atomic mass is 16.5. The number of aliphatic hydroxyl groups is 1. The van der Waals surface area contributed by atoms with E-state index < -0.39 is 0 Å². The molecule has 1 N–H and O–H groups in total. The Morgan fingerprint density at radius 1 is 1.47 bits per heavy atom. The number of esters is 1. The molecule has 1 aliphatic heterocycles. The summed E-state index contributed by atoms with van der Waals surface area (Å²) in [6, 6.07) is 9.67. The van der Waals surface area contributed by atoms with Gasteiger partial charge >= 0.3 is 5.97 Å². The Balaban J connectivity index is 1.73. The molecule has 0 bridgehead atoms. The lowest BCUT2D eigenvalue weighted by molar-refractivity contribution is -0.149. The first kappa shape index (κ1) is 14.0. The highest BCUT2D eigenvalue weighted by molar-refractivity contribution is 5.72. The maximum Gasteiger partial charge on any atom is 0.310 e. The number of rotatable bonds is 5. The number of carbonyl (C=O) groups is 1. The molecule has 0 spiro atoms. The fourth-order valence-corrected chi connectivity index (χ4v) is 2.31. The van der Waals surface area contributed by atoms with Crippen molar-refractivity contribution in [2.24, 2.45) is 5.92 Å². The average molecular weight is 263 g/mol. The number of ether oxygens (including phenoxy) is 1. The molecule has 1 aromatic rings. The zero-order chi connectivity index (χ0) is 13.7. The van der Waals surface area contributed by atoms with Crippen molar-refractivity contribution in [2.45, 2.75) is 26.1 Å². The number of hydrogen-bond acceptors (Lipinski definition) is 4. The minimum absolute atomic E-state index is 0.158. The molecule has 1 fully saturated rings. The number of hydrogen-bond donors (Lipinski definition) is 1. The van der Waals surface area contributed by atoms with Gasteiger partial charge in [0.1, 0.15) is 6.61 Å². The van der Waals surface area contributed by atoms with Crippen molar-refractivity contribution in [3.63, 3.8) is 0 Å². The molecule has 2 rings (SSSR count). The highest BCUT2D eigenvalue weighted by Gasteiger charge is 2.24. The third-order valence-corrected chi connectivity index (χ3v) is 3.41. The van der Waals surface area contributed by atoms with Crippen LogP contribution < -0.4 is 0 Å². The maximum absolute atomic E-state index is 11.9. The van der Waals surface area contributed by atoms with Crippen molar-refractivity contribution in [1.82, 2.24) is 4.90 Å². The summed E-state index contributed by atoms with van der Waals surface area (Å²) in [4.78, 5) is 14.0. The molecule has 104 valence electrons. The quantitative estimate of drug-likeness (QED) is 0.817. The number of aliphatic hydroxyl groups excluding tert-OH is 1. The van der Waals surface area contributed by atoms with E-state index in [2.05, 4.69) is 4.90 Å². The first-order valence-electron chi connectivity index (χ1n) is 6.76. The second-order valence-corrected chi connectivity index (χ2v) is 5.20. The van der Waals surface area contributed by atoms with Gasteiger partial charge in [0.2, 0.25) is 0 Å². The van der Waals surface area contributed by atoms with Crippen LogP contribution in [0.3, 0.4) is 0 Å². The van der Waals surface area contributed by atoms with Crippen molar-refractivity contribution in [1.29, 1.82) is 0 Å². The topological polar surface area (TPSA) is 49.8 Å². The van der Waals surface area contributed by atoms with Gasteiger partial charge in [0.15, 0.2) is 0 Å². The summed E-state index contributed by atoms with van der Waals surface area (Å²) in [6.07, 6.45) is 0.554. The Morgan fingerprint density at radius 2 is 2.21 bits per heavy atom. The van der Waals surface area contributed by atoms with Crippen LogP contribution in [0.5, 0.6) is 0 Å². The second-order valence-electron chi connectivity index (χ2n) is 5.20. The largest absolute Gasteiger partial charge is 0.461 e. The molecule has 1 heterocycles. The van der Waals surface area contributed by atoms with Crippen molar-refractivity contribution >= 4 is 5.97 Å². The van der Waals surface area contributed by atoms with Crippen LogP contribution in [0.1, 0.15) is 18.9 Å². The van der Waals surface area contributed by atoms with E-state index in [0.29, 0.717) is 19.7 Å². The molecular formula is C15H21NO3. The highest BCUT2D eigenvalue weighted by Crippen LogP contribution is 2.12. The molecule has 19 heavy (non-hydrogen) atoms. The molecule has 0 radical (unpaired) electrons. The van der Waals surface area contributed by atoms with Crippen molar-refractivity contribution in [2.75, 3.05) is 19.6 Å². The van der Waals surface area contributed by atoms with Gasteiger partial charge in [-0.2, -0.15) is 0 Å². The van der Waals surface area contributed by atoms with Crippen LogP contribution in [0.15, 0.2) is 30.3 Å². The molecule has 4 nitrogen and oxygen atoms in total. The van der Waals surface area contributed by atoms with E-state index >= 15 is 0 Å². The number of likely N-dealkylation sites (tertiary alicyclic amines) is 1. The van der Waals surface area contributed by atoms with Crippen LogP contribution in [0.25, 0.3) is 0 Å². The van der Waals surface area contributed by atoms with E-state index in [1.165, 1.54) is 0 Å². The van der Waals surface area contributed by atoms with E-state index in [-0.39, 0.29) is 18.0 Å². The summed E-state index contributed by atoms with van der Waals surface area (Å²) in [6.45, 7) is 4.38. The van der Waals surface area contributed by atoms with Gasteiger partial charge in [-0.05, 0) is 12.0 Å². The van der Waals surface area contributed by atoms with Crippen LogP contribution in [0.2, 0.25) is 0 Å². The van der Waals surface area contributed by atoms with Gasteiger partial charge in [0.25, 0.3) is 0 Å². The zero-order valence-corrected chi connectivity index (χ0v) is 11.3. The maximum atomic E-state index is 11.9. The van der Waals surface area contributed by atoms with Gasteiger partial charge in [0, 0.05) is 19.6 Å². The van der Waals surface area contributed by atoms with Crippen LogP contribution in [0.4, 0.5) is 0 Å². The Morgan fingerprint density at radius 3 is 2.84 bits per heavy atom. The van der Waals surface area contributed by atoms with Gasteiger partial charge in [-0.1, -0.05) is 37.3 Å². The molecule has 0 amide bonds. The molecule has 2 atom stereocenters. The average Bonchev–Trinajstić information content (AvgIpc) is 2.82. The summed E-state index contributed by atoms with van der Waals surface area (Å²) in [5.74, 6) is -0.334. The van der Waals surface area contributed by atoms with Crippen LogP contribution in [-0.2, 0) is 16.1 Å². The molecule has 1 aromatic carbocycles. The first-order valence-corrected chi connectivity index (χ1v) is 6.76. The fourth-order valence-electron chi connectivity index (χ4n) is 2.31. The Bertz CT molecular complexity index is 407. The summed E-state index contributed by atoms with van der Waals surface area (Å²) < 4.78 is 5.30. The Kier molecular flexibility index (Phi) is 4.93. The SMILES string of the molecule is CC(CN1CCC(O)C1)C(=O)OCc1ccccc1. The minimum atomic E-state index is -0.243. The number of nitrogens with zero attached hydrogens (tertiary/aromatic N) is 1. The molecule has 0 aliphatic carbocycles. The zero-order valence-electron chi connectivity index (χ0n) is 11.3. The molecular weight excluding hydrogens is 242 g/mol. The van der Waals surface area contributed by atoms with E-state index in [1.807, 2.05) is 37.3 Å². The number of β-amino-alcohol motifs (C(OH)–C–C–N with tert-alkyl or cyclic N) is 1. The normalized spacial score (nSPS) is 21.3. The minimum Gasteiger partial charge on any atom is -0.461 e. The summed E-state index contributed by atoms with van der Waals surface area (Å²) in [7, 11) is 0. The molecule has 0 aromatic heterocycles. The van der Waals surface area contributed by atoms with E-state index in [9.17, 15) is 9.90 Å². The van der Waals surface area contributed by atoms with Crippen LogP contribution in [-0.4, -0.2) is 41.7 Å². The molecule has 1 saturated heterocycles. The summed E-state index contributed by atoms with van der Waals surface area (Å²) in [5, 5.41) is 9.45. The molecule has 2 unspecified atom stereocenters. The number of benzene rings is 1. The Labute approximate surface area is 114 Å². The van der Waals surface area contributed by atoms with Crippen molar-refractivity contribution in [3.05, 3.63) is 35.9 Å². The lowest BCUT2D eigenvalue weighted by Crippen LogP contribution is -2.31. The van der Waals surface area contributed by atoms with Gasteiger partial charge in [-0.15, -0.1) is 0 Å². The standard InChI is InChI=1S/C15H21NO3/c1-12(9-16-8-7-14(17)10-16)15(18)19-11-13-5-3-2-4-6-13/h2-6,12,14,17H,7-11H2,1H3. The van der Waals surface area contributed by atoms with Crippen LogP contribution in [0, 0.1) is 5.92 Å². The van der Waals surface area contributed by atoms with E-state index in [1.54, 1.807) is 0 Å². The molecule has 4 heteroatoms. The summed E-state index contributed by atoms with van der Waals surface area (Å²) >= 11 is 0. The van der Waals surface area contributed by atoms with E-state index in [0.717, 1.165) is 18.5 Å². The lowest BCUT2D eigenvalue weighted by Gasteiger charge is -2.19. The molecule has 0 saturated carbocycles. The van der Waals surface area contributed by atoms with Crippen LogP contribution >= 0.6 is 0 Å². The first-order chi connectivity index (χ1) is 9.15. The van der Waals surface area contributed by atoms with E-state index in [4.69, 9.17) is 4.74 Å². The third-order valence-electron chi connectivity index (χ3n) is 3.41. The molecule has 1 aliphatic rings.